The normalized spacial score (nSPS) is 33.0. The molecule has 1 saturated heterocycles. The van der Waals surface area contributed by atoms with Crippen LogP contribution in [0.5, 0.6) is 0 Å². The molecule has 0 spiro atoms. The number of aliphatic hydroxyl groups is 1. The maximum Gasteiger partial charge on any atom is 0.325 e. The van der Waals surface area contributed by atoms with Crippen LogP contribution in [0, 0.1) is 0 Å². The van der Waals surface area contributed by atoms with Gasteiger partial charge in [0.2, 0.25) is 0 Å². The summed E-state index contributed by atoms with van der Waals surface area (Å²) in [6, 6.07) is 1.78. The fourth-order valence-electron chi connectivity index (χ4n) is 3.08. The van der Waals surface area contributed by atoms with E-state index < -0.39 is 24.8 Å². The van der Waals surface area contributed by atoms with Crippen molar-refractivity contribution in [2.75, 3.05) is 25.6 Å². The summed E-state index contributed by atoms with van der Waals surface area (Å²) >= 11 is 0. The van der Waals surface area contributed by atoms with Crippen molar-refractivity contribution in [1.82, 2.24) is 14.5 Å². The maximum absolute atomic E-state index is 11.4. The second-order valence-corrected chi connectivity index (χ2v) is 8.48. The molecule has 1 fully saturated rings. The van der Waals surface area contributed by atoms with E-state index in [1.165, 1.54) is 6.33 Å². The SMILES string of the molecule is CC1(COP(C)(=O)O)OCC(C)(n2ccc3c(N)ncnc32)C1O. The molecular formula is C14H21N4O5P. The predicted molar refractivity (Wildman–Crippen MR) is 87.7 cm³/mol. The lowest BCUT2D eigenvalue weighted by Crippen LogP contribution is -2.50. The van der Waals surface area contributed by atoms with Gasteiger partial charge in [0.25, 0.3) is 0 Å². The van der Waals surface area contributed by atoms with E-state index in [2.05, 4.69) is 9.97 Å². The molecule has 0 saturated carbocycles. The van der Waals surface area contributed by atoms with E-state index >= 15 is 0 Å². The molecule has 4 unspecified atom stereocenters. The molecule has 0 aliphatic carbocycles. The van der Waals surface area contributed by atoms with Crippen LogP contribution in [0.2, 0.25) is 0 Å². The molecule has 3 heterocycles. The van der Waals surface area contributed by atoms with Crippen LogP contribution in [0.15, 0.2) is 18.6 Å². The van der Waals surface area contributed by atoms with Gasteiger partial charge in [-0.05, 0) is 19.9 Å². The number of nitrogen functional groups attached to an aromatic ring is 1. The van der Waals surface area contributed by atoms with Gasteiger partial charge >= 0.3 is 7.60 Å². The molecule has 2 aromatic rings. The number of nitrogens with two attached hydrogens (primary N) is 1. The lowest BCUT2D eigenvalue weighted by atomic mass is 9.87. The van der Waals surface area contributed by atoms with Gasteiger partial charge in [-0.1, -0.05) is 0 Å². The number of hydrogen-bond acceptors (Lipinski definition) is 7. The minimum absolute atomic E-state index is 0.182. The average Bonchev–Trinajstić information content (AvgIpc) is 3.03. The third-order valence-electron chi connectivity index (χ3n) is 4.51. The Morgan fingerprint density at radius 1 is 1.54 bits per heavy atom. The van der Waals surface area contributed by atoms with Gasteiger partial charge in [0.15, 0.2) is 0 Å². The highest BCUT2D eigenvalue weighted by Crippen LogP contribution is 2.44. The Morgan fingerprint density at radius 2 is 2.25 bits per heavy atom. The first-order valence-corrected chi connectivity index (χ1v) is 9.44. The van der Waals surface area contributed by atoms with E-state index in [4.69, 9.17) is 15.0 Å². The molecule has 10 heteroatoms. The molecule has 0 amide bonds. The molecule has 9 nitrogen and oxygen atoms in total. The zero-order valence-corrected chi connectivity index (χ0v) is 14.6. The number of aliphatic hydroxyl groups excluding tert-OH is 1. The van der Waals surface area contributed by atoms with Crippen LogP contribution in [-0.2, 0) is 19.4 Å². The number of ether oxygens (including phenoxy) is 1. The number of anilines is 1. The Hall–Kier alpha value is -1.51. The molecule has 1 aliphatic rings. The lowest BCUT2D eigenvalue weighted by molar-refractivity contribution is -0.0763. The summed E-state index contributed by atoms with van der Waals surface area (Å²) in [6.45, 7) is 4.54. The minimum atomic E-state index is -3.67. The van der Waals surface area contributed by atoms with Crippen molar-refractivity contribution < 1.29 is 23.8 Å². The van der Waals surface area contributed by atoms with E-state index in [9.17, 15) is 14.6 Å². The van der Waals surface area contributed by atoms with Gasteiger partial charge in [-0.25, -0.2) is 9.97 Å². The number of hydrogen-bond donors (Lipinski definition) is 3. The standard InChI is InChI=1S/C14H21N4O5P/c1-13(18-5-4-9-10(15)16-8-17-11(9)18)6-22-14(2,12(13)19)7-23-24(3,20)21/h4-5,8,12,19H,6-7H2,1-3H3,(H,20,21)(H2,15,16,17). The molecule has 0 aromatic carbocycles. The largest absolute Gasteiger partial charge is 0.387 e. The summed E-state index contributed by atoms with van der Waals surface area (Å²) < 4.78 is 23.9. The number of aromatic nitrogens is 3. The fourth-order valence-corrected chi connectivity index (χ4v) is 3.58. The number of rotatable bonds is 4. The highest BCUT2D eigenvalue weighted by Gasteiger charge is 2.55. The van der Waals surface area contributed by atoms with Crippen LogP contribution < -0.4 is 5.73 Å². The highest BCUT2D eigenvalue weighted by atomic mass is 31.2. The molecule has 1 aliphatic heterocycles. The van der Waals surface area contributed by atoms with E-state index in [-0.39, 0.29) is 13.2 Å². The van der Waals surface area contributed by atoms with Crippen molar-refractivity contribution in [2.45, 2.75) is 31.1 Å². The summed E-state index contributed by atoms with van der Waals surface area (Å²) in [4.78, 5) is 17.5. The first-order valence-electron chi connectivity index (χ1n) is 7.42. The quantitative estimate of drug-likeness (QED) is 0.682. The number of fused-ring (bicyclic) bond motifs is 1. The third kappa shape index (κ3) is 2.72. The molecule has 0 bridgehead atoms. The number of nitrogens with zero attached hydrogens (tertiary/aromatic N) is 3. The molecule has 132 valence electrons. The van der Waals surface area contributed by atoms with Crippen molar-refractivity contribution >= 4 is 24.4 Å². The molecule has 24 heavy (non-hydrogen) atoms. The minimum Gasteiger partial charge on any atom is -0.387 e. The van der Waals surface area contributed by atoms with Gasteiger partial charge in [-0.3, -0.25) is 4.57 Å². The Morgan fingerprint density at radius 3 is 2.92 bits per heavy atom. The molecular weight excluding hydrogens is 335 g/mol. The zero-order valence-electron chi connectivity index (χ0n) is 13.7. The fraction of sp³-hybridized carbons (Fsp3) is 0.571. The second-order valence-electron chi connectivity index (χ2n) is 6.62. The van der Waals surface area contributed by atoms with Crippen LogP contribution in [0.25, 0.3) is 11.0 Å². The van der Waals surface area contributed by atoms with Gasteiger partial charge in [0.05, 0.1) is 24.1 Å². The third-order valence-corrected chi connectivity index (χ3v) is 5.12. The van der Waals surface area contributed by atoms with Crippen LogP contribution in [-0.4, -0.2) is 56.1 Å². The summed E-state index contributed by atoms with van der Waals surface area (Å²) in [6.07, 6.45) is 2.13. The summed E-state index contributed by atoms with van der Waals surface area (Å²) in [7, 11) is -3.67. The van der Waals surface area contributed by atoms with E-state index in [0.29, 0.717) is 16.9 Å². The van der Waals surface area contributed by atoms with Crippen molar-refractivity contribution in [3.05, 3.63) is 18.6 Å². The summed E-state index contributed by atoms with van der Waals surface area (Å²) in [5, 5.41) is 11.6. The smallest absolute Gasteiger partial charge is 0.325 e. The van der Waals surface area contributed by atoms with Crippen LogP contribution in [0.4, 0.5) is 5.82 Å². The zero-order chi connectivity index (χ0) is 17.8. The van der Waals surface area contributed by atoms with Gasteiger partial charge in [0, 0.05) is 12.9 Å². The second kappa shape index (κ2) is 5.50. The summed E-state index contributed by atoms with van der Waals surface area (Å²) in [5.74, 6) is 0.356. The monoisotopic (exact) mass is 356 g/mol. The van der Waals surface area contributed by atoms with Gasteiger partial charge < -0.3 is 29.6 Å². The first-order chi connectivity index (χ1) is 11.1. The Labute approximate surface area is 139 Å². The van der Waals surface area contributed by atoms with Crippen molar-refractivity contribution in [2.24, 2.45) is 0 Å². The topological polar surface area (TPSA) is 133 Å². The lowest BCUT2D eigenvalue weighted by Gasteiger charge is -2.34. The Kier molecular flexibility index (Phi) is 3.97. The highest BCUT2D eigenvalue weighted by molar-refractivity contribution is 7.51. The van der Waals surface area contributed by atoms with Crippen LogP contribution >= 0.6 is 7.60 Å². The molecule has 2 aromatic heterocycles. The molecule has 4 atom stereocenters. The molecule has 3 rings (SSSR count). The van der Waals surface area contributed by atoms with Crippen molar-refractivity contribution in [3.8, 4) is 0 Å². The summed E-state index contributed by atoms with van der Waals surface area (Å²) in [5.41, 5.74) is 4.48. The van der Waals surface area contributed by atoms with Crippen LogP contribution in [0.1, 0.15) is 13.8 Å². The Balaban J connectivity index is 1.96. The van der Waals surface area contributed by atoms with Crippen LogP contribution in [0.3, 0.4) is 0 Å². The van der Waals surface area contributed by atoms with Crippen molar-refractivity contribution in [1.29, 1.82) is 0 Å². The van der Waals surface area contributed by atoms with Gasteiger partial charge in [-0.15, -0.1) is 0 Å². The molecule has 4 N–H and O–H groups in total. The predicted octanol–water partition coefficient (Wildman–Crippen LogP) is 0.710. The first kappa shape index (κ1) is 17.3. The maximum atomic E-state index is 11.4. The van der Waals surface area contributed by atoms with Gasteiger partial charge in [0.1, 0.15) is 29.5 Å². The Bertz CT molecular complexity index is 821. The van der Waals surface area contributed by atoms with Gasteiger partial charge in [-0.2, -0.15) is 0 Å². The molecule has 0 radical (unpaired) electrons. The van der Waals surface area contributed by atoms with Crippen molar-refractivity contribution in [3.63, 3.8) is 0 Å². The van der Waals surface area contributed by atoms with E-state index in [1.807, 2.05) is 6.92 Å². The van der Waals surface area contributed by atoms with E-state index in [1.54, 1.807) is 23.8 Å². The average molecular weight is 356 g/mol. The van der Waals surface area contributed by atoms with E-state index in [0.717, 1.165) is 6.66 Å².